The molecule has 0 unspecified atom stereocenters. The molecule has 1 rings (SSSR count). The van der Waals surface area contributed by atoms with Crippen molar-refractivity contribution in [2.45, 2.75) is 6.92 Å². The quantitative estimate of drug-likeness (QED) is 0.600. The van der Waals surface area contributed by atoms with Crippen LogP contribution < -0.4 is 0 Å². The minimum atomic E-state index is 0.968. The molecule has 0 radical (unpaired) electrons. The van der Waals surface area contributed by atoms with Crippen molar-refractivity contribution in [2.75, 3.05) is 12.5 Å². The van der Waals surface area contributed by atoms with Gasteiger partial charge in [-0.05, 0) is 19.4 Å². The van der Waals surface area contributed by atoms with Crippen molar-refractivity contribution in [2.24, 2.45) is 0 Å². The number of thioether (sulfide) groups is 1. The van der Waals surface area contributed by atoms with Gasteiger partial charge >= 0.3 is 0 Å². The smallest absolute Gasteiger partial charge is 0.102 e. The third kappa shape index (κ3) is 5.43. The fourth-order valence-electron chi connectivity index (χ4n) is 0.344. The van der Waals surface area contributed by atoms with Crippen LogP contribution in [0.5, 0.6) is 0 Å². The van der Waals surface area contributed by atoms with Crippen LogP contribution in [0.25, 0.3) is 0 Å². The van der Waals surface area contributed by atoms with Crippen LogP contribution in [0.2, 0.25) is 0 Å². The van der Waals surface area contributed by atoms with E-state index in [0.717, 1.165) is 5.82 Å². The molecule has 0 aliphatic rings. The third-order valence-corrected chi connectivity index (χ3v) is 0.635. The molecule has 2 nitrogen and oxygen atoms in total. The van der Waals surface area contributed by atoms with Crippen LogP contribution in [0.3, 0.4) is 0 Å². The van der Waals surface area contributed by atoms with Crippen LogP contribution in [0.15, 0.2) is 12.4 Å². The SMILES string of the molecule is CSC.Cc1ncc[nH]1. The molecule has 1 aromatic rings. The lowest BCUT2D eigenvalue weighted by molar-refractivity contribution is 1.15. The fraction of sp³-hybridized carbons (Fsp3) is 0.500. The monoisotopic (exact) mass is 144 g/mol. The van der Waals surface area contributed by atoms with E-state index in [0.29, 0.717) is 0 Å². The third-order valence-electron chi connectivity index (χ3n) is 0.635. The number of hydrogen-bond acceptors (Lipinski definition) is 2. The Kier molecular flexibility index (Phi) is 5.41. The second kappa shape index (κ2) is 5.69. The highest BCUT2D eigenvalue weighted by molar-refractivity contribution is 7.97. The van der Waals surface area contributed by atoms with Gasteiger partial charge in [0.2, 0.25) is 0 Å². The number of nitrogens with one attached hydrogen (secondary N) is 1. The van der Waals surface area contributed by atoms with E-state index < -0.39 is 0 Å². The van der Waals surface area contributed by atoms with E-state index in [4.69, 9.17) is 0 Å². The maximum Gasteiger partial charge on any atom is 0.102 e. The number of aryl methyl sites for hydroxylation is 1. The maximum absolute atomic E-state index is 3.86. The van der Waals surface area contributed by atoms with Gasteiger partial charge in [0, 0.05) is 12.4 Å². The highest BCUT2D eigenvalue weighted by atomic mass is 32.2. The van der Waals surface area contributed by atoms with Crippen molar-refractivity contribution in [3.8, 4) is 0 Å². The first-order valence-corrected chi connectivity index (χ1v) is 4.30. The Bertz CT molecular complexity index is 126. The van der Waals surface area contributed by atoms with E-state index in [2.05, 4.69) is 9.97 Å². The summed E-state index contributed by atoms with van der Waals surface area (Å²) in [5.41, 5.74) is 0. The van der Waals surface area contributed by atoms with Crippen molar-refractivity contribution < 1.29 is 0 Å². The highest BCUT2D eigenvalue weighted by Gasteiger charge is 1.73. The van der Waals surface area contributed by atoms with Gasteiger partial charge in [-0.15, -0.1) is 0 Å². The molecule has 3 heteroatoms. The van der Waals surface area contributed by atoms with E-state index >= 15 is 0 Å². The first kappa shape index (κ1) is 8.56. The summed E-state index contributed by atoms with van der Waals surface area (Å²) in [6, 6.07) is 0. The van der Waals surface area contributed by atoms with Crippen molar-refractivity contribution in [1.29, 1.82) is 0 Å². The predicted octanol–water partition coefficient (Wildman–Crippen LogP) is 1.70. The molecule has 0 bridgehead atoms. The Morgan fingerprint density at radius 2 is 2.11 bits per heavy atom. The number of imidazole rings is 1. The summed E-state index contributed by atoms with van der Waals surface area (Å²) in [5, 5.41) is 0. The zero-order valence-corrected chi connectivity index (χ0v) is 6.83. The van der Waals surface area contributed by atoms with Gasteiger partial charge in [0.25, 0.3) is 0 Å². The van der Waals surface area contributed by atoms with Crippen LogP contribution in [0.4, 0.5) is 0 Å². The van der Waals surface area contributed by atoms with Gasteiger partial charge in [0.05, 0.1) is 0 Å². The lowest BCUT2D eigenvalue weighted by Gasteiger charge is -1.68. The Balaban J connectivity index is 0.000000187. The Morgan fingerprint density at radius 1 is 1.56 bits per heavy atom. The average Bonchev–Trinajstić information content (AvgIpc) is 2.20. The summed E-state index contributed by atoms with van der Waals surface area (Å²) >= 11 is 1.75. The van der Waals surface area contributed by atoms with Gasteiger partial charge in [-0.25, -0.2) is 4.98 Å². The zero-order valence-electron chi connectivity index (χ0n) is 6.01. The van der Waals surface area contributed by atoms with E-state index in [9.17, 15) is 0 Å². The van der Waals surface area contributed by atoms with Crippen LogP contribution in [-0.2, 0) is 0 Å². The van der Waals surface area contributed by atoms with Gasteiger partial charge in [0.15, 0.2) is 0 Å². The summed E-state index contributed by atoms with van der Waals surface area (Å²) in [5.74, 6) is 0.968. The Morgan fingerprint density at radius 3 is 2.22 bits per heavy atom. The standard InChI is InChI=1S/C4H6N2.C2H6S/c1-4-5-2-3-6-4;1-3-2/h2-3H,1H3,(H,5,6);1-2H3. The van der Waals surface area contributed by atoms with Crippen LogP contribution in [0.1, 0.15) is 5.82 Å². The number of hydrogen-bond donors (Lipinski definition) is 1. The highest BCUT2D eigenvalue weighted by Crippen LogP contribution is 1.78. The first-order valence-electron chi connectivity index (χ1n) is 2.67. The molecule has 0 fully saturated rings. The van der Waals surface area contributed by atoms with Gasteiger partial charge in [-0.3, -0.25) is 0 Å². The van der Waals surface area contributed by atoms with Crippen LogP contribution in [0, 0.1) is 6.92 Å². The largest absolute Gasteiger partial charge is 0.349 e. The number of nitrogens with zero attached hydrogens (tertiary/aromatic N) is 1. The normalized spacial score (nSPS) is 7.89. The van der Waals surface area contributed by atoms with Crippen LogP contribution >= 0.6 is 11.8 Å². The molecule has 1 N–H and O–H groups in total. The molecular weight excluding hydrogens is 132 g/mol. The van der Waals surface area contributed by atoms with E-state index in [-0.39, 0.29) is 0 Å². The topological polar surface area (TPSA) is 28.7 Å². The lowest BCUT2D eigenvalue weighted by atomic mass is 10.8. The fourth-order valence-corrected chi connectivity index (χ4v) is 0.344. The zero-order chi connectivity index (χ0) is 7.11. The summed E-state index contributed by atoms with van der Waals surface area (Å²) in [4.78, 5) is 6.75. The maximum atomic E-state index is 3.86. The molecule has 0 aromatic carbocycles. The van der Waals surface area contributed by atoms with E-state index in [1.54, 1.807) is 24.2 Å². The molecule has 0 aliphatic carbocycles. The number of H-pyrrole nitrogens is 1. The van der Waals surface area contributed by atoms with Crippen LogP contribution in [-0.4, -0.2) is 22.5 Å². The number of rotatable bonds is 0. The van der Waals surface area contributed by atoms with Gasteiger partial charge in [-0.1, -0.05) is 0 Å². The van der Waals surface area contributed by atoms with Crippen molar-refractivity contribution in [3.05, 3.63) is 18.2 Å². The van der Waals surface area contributed by atoms with Gasteiger partial charge in [-0.2, -0.15) is 11.8 Å². The Hall–Kier alpha value is -0.440. The summed E-state index contributed by atoms with van der Waals surface area (Å²) in [7, 11) is 0. The molecule has 9 heavy (non-hydrogen) atoms. The molecule has 0 saturated heterocycles. The summed E-state index contributed by atoms with van der Waals surface area (Å²) in [6.07, 6.45) is 7.62. The second-order valence-electron chi connectivity index (χ2n) is 1.58. The second-order valence-corrected chi connectivity index (χ2v) is 2.40. The minimum Gasteiger partial charge on any atom is -0.349 e. The predicted molar refractivity (Wildman–Crippen MR) is 42.8 cm³/mol. The summed E-state index contributed by atoms with van der Waals surface area (Å²) < 4.78 is 0. The molecule has 0 spiro atoms. The molecule has 0 saturated carbocycles. The number of aromatic amines is 1. The molecule has 0 amide bonds. The van der Waals surface area contributed by atoms with Crippen molar-refractivity contribution >= 4 is 11.8 Å². The van der Waals surface area contributed by atoms with Crippen molar-refractivity contribution in [3.63, 3.8) is 0 Å². The van der Waals surface area contributed by atoms with Gasteiger partial charge in [0.1, 0.15) is 5.82 Å². The molecule has 0 atom stereocenters. The minimum absolute atomic E-state index is 0.968. The number of aromatic nitrogens is 2. The van der Waals surface area contributed by atoms with E-state index in [1.807, 2.05) is 19.4 Å². The Labute approximate surface area is 60.1 Å². The van der Waals surface area contributed by atoms with Crippen molar-refractivity contribution in [1.82, 2.24) is 9.97 Å². The first-order chi connectivity index (χ1) is 4.31. The van der Waals surface area contributed by atoms with E-state index in [1.165, 1.54) is 0 Å². The molecule has 1 heterocycles. The lowest BCUT2D eigenvalue weighted by Crippen LogP contribution is -1.66. The average molecular weight is 144 g/mol. The molecule has 0 aliphatic heterocycles. The van der Waals surface area contributed by atoms with Gasteiger partial charge < -0.3 is 4.98 Å². The molecule has 52 valence electrons. The molecular formula is C6H12N2S. The molecule has 1 aromatic heterocycles. The summed E-state index contributed by atoms with van der Waals surface area (Å²) in [6.45, 7) is 1.92.